The van der Waals surface area contributed by atoms with E-state index in [1.54, 1.807) is 0 Å². The molecule has 0 radical (unpaired) electrons. The normalized spacial score (nSPS) is 11.1. The molecule has 17 heavy (non-hydrogen) atoms. The number of aryl methyl sites for hydroxylation is 1. The smallest absolute Gasteiger partial charge is 0.126 e. The summed E-state index contributed by atoms with van der Waals surface area (Å²) in [6.07, 6.45) is 2.72. The van der Waals surface area contributed by atoms with Gasteiger partial charge in [0.05, 0.1) is 0 Å². The van der Waals surface area contributed by atoms with E-state index >= 15 is 0 Å². The Hall–Kier alpha value is -0.960. The molecule has 1 N–H and O–H groups in total. The highest BCUT2D eigenvalue weighted by Gasteiger charge is 2.00. The number of hydrogen-bond donors (Lipinski definition) is 1. The van der Waals surface area contributed by atoms with E-state index in [1.807, 2.05) is 0 Å². The van der Waals surface area contributed by atoms with Gasteiger partial charge in [-0.2, -0.15) is 0 Å². The lowest BCUT2D eigenvalue weighted by Crippen LogP contribution is -2.20. The first-order valence-electron chi connectivity index (χ1n) is 6.23. The molecule has 0 aliphatic carbocycles. The van der Waals surface area contributed by atoms with Crippen LogP contribution in [-0.2, 0) is 6.42 Å². The highest BCUT2D eigenvalue weighted by molar-refractivity contribution is 5.17. The van der Waals surface area contributed by atoms with Crippen molar-refractivity contribution in [1.29, 1.82) is 0 Å². The lowest BCUT2D eigenvalue weighted by atomic mass is 10.1. The molecule has 0 aromatic heterocycles. The third-order valence-electron chi connectivity index (χ3n) is 2.54. The van der Waals surface area contributed by atoms with Crippen molar-refractivity contribution in [3.63, 3.8) is 0 Å². The van der Waals surface area contributed by atoms with E-state index in [0.717, 1.165) is 44.0 Å². The minimum atomic E-state index is -0.488. The molecule has 0 atom stereocenters. The SMILES string of the molecule is CC(C)CNCCCCc1cc(F)cc(F)c1. The largest absolute Gasteiger partial charge is 0.316 e. The third-order valence-corrected chi connectivity index (χ3v) is 2.54. The summed E-state index contributed by atoms with van der Waals surface area (Å²) >= 11 is 0. The van der Waals surface area contributed by atoms with Gasteiger partial charge in [0.15, 0.2) is 0 Å². The van der Waals surface area contributed by atoms with Gasteiger partial charge in [-0.1, -0.05) is 13.8 Å². The minimum absolute atomic E-state index is 0.488. The van der Waals surface area contributed by atoms with Crippen molar-refractivity contribution in [2.24, 2.45) is 5.92 Å². The molecule has 0 saturated carbocycles. The first-order valence-corrected chi connectivity index (χ1v) is 6.23. The van der Waals surface area contributed by atoms with E-state index in [-0.39, 0.29) is 0 Å². The Labute approximate surface area is 102 Å². The van der Waals surface area contributed by atoms with Crippen LogP contribution in [0, 0.1) is 17.6 Å². The van der Waals surface area contributed by atoms with Gasteiger partial charge >= 0.3 is 0 Å². The predicted molar refractivity (Wildman–Crippen MR) is 67.0 cm³/mol. The Balaban J connectivity index is 2.18. The molecule has 0 bridgehead atoms. The topological polar surface area (TPSA) is 12.0 Å². The molecule has 1 aromatic rings. The number of rotatable bonds is 7. The maximum Gasteiger partial charge on any atom is 0.126 e. The fourth-order valence-corrected chi connectivity index (χ4v) is 1.73. The van der Waals surface area contributed by atoms with E-state index in [1.165, 1.54) is 12.1 Å². The molecule has 1 aromatic carbocycles. The van der Waals surface area contributed by atoms with Crippen molar-refractivity contribution in [1.82, 2.24) is 5.32 Å². The predicted octanol–water partition coefficient (Wildman–Crippen LogP) is 3.53. The minimum Gasteiger partial charge on any atom is -0.316 e. The molecule has 0 spiro atoms. The van der Waals surface area contributed by atoms with Gasteiger partial charge in [0.2, 0.25) is 0 Å². The van der Waals surface area contributed by atoms with Crippen molar-refractivity contribution < 1.29 is 8.78 Å². The van der Waals surface area contributed by atoms with Crippen LogP contribution in [0.3, 0.4) is 0 Å². The Kier molecular flexibility index (Phi) is 6.12. The molecule has 1 nitrogen and oxygen atoms in total. The van der Waals surface area contributed by atoms with Gasteiger partial charge in [-0.05, 0) is 56.0 Å². The average Bonchev–Trinajstić information content (AvgIpc) is 2.21. The third kappa shape index (κ3) is 6.37. The van der Waals surface area contributed by atoms with E-state index < -0.39 is 11.6 Å². The lowest BCUT2D eigenvalue weighted by Gasteiger charge is -2.07. The molecule has 0 aliphatic rings. The first kappa shape index (κ1) is 14.1. The summed E-state index contributed by atoms with van der Waals surface area (Å²) in [5, 5.41) is 3.35. The highest BCUT2D eigenvalue weighted by atomic mass is 19.1. The van der Waals surface area contributed by atoms with Crippen LogP contribution in [0.25, 0.3) is 0 Å². The number of unbranched alkanes of at least 4 members (excludes halogenated alkanes) is 1. The molecule has 0 aliphatic heterocycles. The number of hydrogen-bond acceptors (Lipinski definition) is 1. The maximum atomic E-state index is 12.9. The zero-order valence-electron chi connectivity index (χ0n) is 10.6. The second-order valence-electron chi connectivity index (χ2n) is 4.83. The van der Waals surface area contributed by atoms with Crippen LogP contribution in [0.4, 0.5) is 8.78 Å². The Bertz CT molecular complexity index is 317. The van der Waals surface area contributed by atoms with Crippen molar-refractivity contribution >= 4 is 0 Å². The number of halogens is 2. The molecular weight excluding hydrogens is 220 g/mol. The van der Waals surface area contributed by atoms with E-state index in [0.29, 0.717) is 5.92 Å². The monoisotopic (exact) mass is 241 g/mol. The molecule has 0 saturated heterocycles. The highest BCUT2D eigenvalue weighted by Crippen LogP contribution is 2.10. The molecule has 1 rings (SSSR count). The van der Waals surface area contributed by atoms with Crippen LogP contribution < -0.4 is 5.32 Å². The van der Waals surface area contributed by atoms with Gasteiger partial charge in [-0.15, -0.1) is 0 Å². The quantitative estimate of drug-likeness (QED) is 0.720. The van der Waals surface area contributed by atoms with Gasteiger partial charge in [0.1, 0.15) is 11.6 Å². The standard InChI is InChI=1S/C14H21F2N/c1-11(2)10-17-6-4-3-5-12-7-13(15)9-14(16)8-12/h7-9,11,17H,3-6,10H2,1-2H3. The van der Waals surface area contributed by atoms with E-state index in [4.69, 9.17) is 0 Å². The fourth-order valence-electron chi connectivity index (χ4n) is 1.73. The van der Waals surface area contributed by atoms with Gasteiger partial charge in [-0.3, -0.25) is 0 Å². The zero-order chi connectivity index (χ0) is 12.7. The van der Waals surface area contributed by atoms with Crippen LogP contribution >= 0.6 is 0 Å². The summed E-state index contributed by atoms with van der Waals surface area (Å²) in [6.45, 7) is 6.33. The van der Waals surface area contributed by atoms with Gasteiger partial charge in [-0.25, -0.2) is 8.78 Å². The molecule has 0 unspecified atom stereocenters. The van der Waals surface area contributed by atoms with Crippen LogP contribution in [0.5, 0.6) is 0 Å². The van der Waals surface area contributed by atoms with Gasteiger partial charge < -0.3 is 5.32 Å². The molecule has 0 fully saturated rings. The molecular formula is C14H21F2N. The molecule has 3 heteroatoms. The molecule has 0 amide bonds. The molecule has 96 valence electrons. The van der Waals surface area contributed by atoms with Crippen molar-refractivity contribution in [3.05, 3.63) is 35.4 Å². The van der Waals surface area contributed by atoms with Crippen molar-refractivity contribution in [3.8, 4) is 0 Å². The Morgan fingerprint density at radius 3 is 2.29 bits per heavy atom. The fraction of sp³-hybridized carbons (Fsp3) is 0.571. The van der Waals surface area contributed by atoms with E-state index in [2.05, 4.69) is 19.2 Å². The second kappa shape index (κ2) is 7.38. The van der Waals surface area contributed by atoms with Crippen molar-refractivity contribution in [2.75, 3.05) is 13.1 Å². The summed E-state index contributed by atoms with van der Waals surface area (Å²) in [7, 11) is 0. The van der Waals surface area contributed by atoms with Crippen molar-refractivity contribution in [2.45, 2.75) is 33.1 Å². The summed E-state index contributed by atoms with van der Waals surface area (Å²) in [6, 6.07) is 3.73. The summed E-state index contributed by atoms with van der Waals surface area (Å²) in [5.74, 6) is -0.316. The summed E-state index contributed by atoms with van der Waals surface area (Å²) < 4.78 is 25.8. The lowest BCUT2D eigenvalue weighted by molar-refractivity contribution is 0.534. The van der Waals surface area contributed by atoms with Crippen LogP contribution in [0.2, 0.25) is 0 Å². The Morgan fingerprint density at radius 1 is 1.06 bits per heavy atom. The number of nitrogens with one attached hydrogen (secondary N) is 1. The summed E-state index contributed by atoms with van der Waals surface area (Å²) in [5.41, 5.74) is 0.742. The van der Waals surface area contributed by atoms with Gasteiger partial charge in [0.25, 0.3) is 0 Å². The van der Waals surface area contributed by atoms with Crippen LogP contribution in [0.15, 0.2) is 18.2 Å². The zero-order valence-corrected chi connectivity index (χ0v) is 10.6. The Morgan fingerprint density at radius 2 is 1.71 bits per heavy atom. The average molecular weight is 241 g/mol. The van der Waals surface area contributed by atoms with E-state index in [9.17, 15) is 8.78 Å². The van der Waals surface area contributed by atoms with Gasteiger partial charge in [0, 0.05) is 6.07 Å². The maximum absolute atomic E-state index is 12.9. The second-order valence-corrected chi connectivity index (χ2v) is 4.83. The van der Waals surface area contributed by atoms with Crippen LogP contribution in [0.1, 0.15) is 32.3 Å². The van der Waals surface area contributed by atoms with Crippen LogP contribution in [-0.4, -0.2) is 13.1 Å². The number of benzene rings is 1. The molecule has 0 heterocycles. The first-order chi connectivity index (χ1) is 8.08. The summed E-state index contributed by atoms with van der Waals surface area (Å²) in [4.78, 5) is 0.